The standard InChI is InChI=1S/C13H14ClN3O/c1-16-11-8-9(14)4-5-10(11)15-12(16)13(18)17-6-2-3-7-17/h4-5,8H,2-3,6-7H2,1H3. The molecule has 1 aromatic carbocycles. The third-order valence-electron chi connectivity index (χ3n) is 3.43. The monoisotopic (exact) mass is 263 g/mol. The molecule has 0 spiro atoms. The van der Waals surface area contributed by atoms with Crippen molar-refractivity contribution < 1.29 is 4.79 Å². The third-order valence-corrected chi connectivity index (χ3v) is 3.66. The van der Waals surface area contributed by atoms with Crippen LogP contribution in [0.25, 0.3) is 11.0 Å². The number of aromatic nitrogens is 2. The van der Waals surface area contributed by atoms with Gasteiger partial charge >= 0.3 is 0 Å². The van der Waals surface area contributed by atoms with Gasteiger partial charge < -0.3 is 9.47 Å². The lowest BCUT2D eigenvalue weighted by atomic mass is 10.3. The Morgan fingerprint density at radius 1 is 1.33 bits per heavy atom. The highest BCUT2D eigenvalue weighted by atomic mass is 35.5. The van der Waals surface area contributed by atoms with E-state index >= 15 is 0 Å². The number of hydrogen-bond acceptors (Lipinski definition) is 2. The van der Waals surface area contributed by atoms with Crippen molar-refractivity contribution in [1.29, 1.82) is 0 Å². The Morgan fingerprint density at radius 3 is 2.78 bits per heavy atom. The molecule has 1 amide bonds. The molecule has 1 fully saturated rings. The maximum absolute atomic E-state index is 12.3. The van der Waals surface area contributed by atoms with Crippen molar-refractivity contribution in [3.8, 4) is 0 Å². The van der Waals surface area contributed by atoms with Gasteiger partial charge in [-0.15, -0.1) is 0 Å². The van der Waals surface area contributed by atoms with E-state index in [0.29, 0.717) is 10.8 Å². The molecule has 1 aliphatic rings. The highest BCUT2D eigenvalue weighted by Crippen LogP contribution is 2.21. The zero-order chi connectivity index (χ0) is 12.7. The summed E-state index contributed by atoms with van der Waals surface area (Å²) in [6, 6.07) is 5.48. The molecule has 18 heavy (non-hydrogen) atoms. The lowest BCUT2D eigenvalue weighted by molar-refractivity contribution is 0.0778. The van der Waals surface area contributed by atoms with E-state index in [-0.39, 0.29) is 5.91 Å². The largest absolute Gasteiger partial charge is 0.336 e. The van der Waals surface area contributed by atoms with Crippen molar-refractivity contribution in [2.45, 2.75) is 12.8 Å². The minimum absolute atomic E-state index is 0.0160. The lowest BCUT2D eigenvalue weighted by Gasteiger charge is -2.14. The number of aryl methyl sites for hydroxylation is 1. The maximum atomic E-state index is 12.3. The van der Waals surface area contributed by atoms with Crippen molar-refractivity contribution in [1.82, 2.24) is 14.5 Å². The minimum Gasteiger partial charge on any atom is -0.336 e. The second-order valence-electron chi connectivity index (χ2n) is 4.63. The first-order chi connectivity index (χ1) is 8.66. The van der Waals surface area contributed by atoms with Crippen LogP contribution in [0.15, 0.2) is 18.2 Å². The van der Waals surface area contributed by atoms with Crippen LogP contribution < -0.4 is 0 Å². The molecule has 3 rings (SSSR count). The molecule has 0 saturated carbocycles. The minimum atomic E-state index is 0.0160. The second kappa shape index (κ2) is 4.28. The van der Waals surface area contributed by atoms with Gasteiger partial charge in [-0.1, -0.05) is 11.6 Å². The second-order valence-corrected chi connectivity index (χ2v) is 5.06. The Hall–Kier alpha value is -1.55. The molecule has 1 aromatic heterocycles. The number of benzene rings is 1. The fourth-order valence-electron chi connectivity index (χ4n) is 2.42. The van der Waals surface area contributed by atoms with Gasteiger partial charge in [0.1, 0.15) is 0 Å². The molecule has 0 N–H and O–H groups in total. The van der Waals surface area contributed by atoms with Gasteiger partial charge in [0.2, 0.25) is 0 Å². The van der Waals surface area contributed by atoms with Crippen LogP contribution in [-0.4, -0.2) is 33.4 Å². The Kier molecular flexibility index (Phi) is 2.74. The van der Waals surface area contributed by atoms with Crippen LogP contribution in [-0.2, 0) is 7.05 Å². The van der Waals surface area contributed by atoms with Gasteiger partial charge in [0.05, 0.1) is 11.0 Å². The average Bonchev–Trinajstić information content (AvgIpc) is 2.98. The summed E-state index contributed by atoms with van der Waals surface area (Å²) in [7, 11) is 1.86. The van der Waals surface area contributed by atoms with Gasteiger partial charge in [0.15, 0.2) is 5.82 Å². The lowest BCUT2D eigenvalue weighted by Crippen LogP contribution is -2.29. The van der Waals surface area contributed by atoms with Gasteiger partial charge in [0.25, 0.3) is 5.91 Å². The number of hydrogen-bond donors (Lipinski definition) is 0. The van der Waals surface area contributed by atoms with Gasteiger partial charge in [-0.3, -0.25) is 4.79 Å². The van der Waals surface area contributed by atoms with Crippen LogP contribution in [0.3, 0.4) is 0 Å². The van der Waals surface area contributed by atoms with Gasteiger partial charge in [0, 0.05) is 25.2 Å². The molecule has 0 radical (unpaired) electrons. The Balaban J connectivity index is 2.06. The number of fused-ring (bicyclic) bond motifs is 1. The van der Waals surface area contributed by atoms with E-state index in [1.807, 2.05) is 28.6 Å². The molecule has 1 saturated heterocycles. The highest BCUT2D eigenvalue weighted by molar-refractivity contribution is 6.31. The van der Waals surface area contributed by atoms with Crippen molar-refractivity contribution >= 4 is 28.5 Å². The number of likely N-dealkylation sites (tertiary alicyclic amines) is 1. The number of amides is 1. The van der Waals surface area contributed by atoms with E-state index in [0.717, 1.165) is 37.0 Å². The zero-order valence-corrected chi connectivity index (χ0v) is 10.9. The highest BCUT2D eigenvalue weighted by Gasteiger charge is 2.24. The quantitative estimate of drug-likeness (QED) is 0.793. The molecule has 2 aromatic rings. The number of nitrogens with zero attached hydrogens (tertiary/aromatic N) is 3. The number of carbonyl (C=O) groups is 1. The number of carbonyl (C=O) groups excluding carboxylic acids is 1. The number of imidazole rings is 1. The number of rotatable bonds is 1. The number of halogens is 1. The molecule has 94 valence electrons. The molecule has 0 unspecified atom stereocenters. The van der Waals surface area contributed by atoms with Crippen molar-refractivity contribution in [2.75, 3.05) is 13.1 Å². The maximum Gasteiger partial charge on any atom is 0.289 e. The van der Waals surface area contributed by atoms with E-state index in [9.17, 15) is 4.79 Å². The van der Waals surface area contributed by atoms with E-state index in [1.54, 1.807) is 6.07 Å². The predicted molar refractivity (Wildman–Crippen MR) is 70.9 cm³/mol. The van der Waals surface area contributed by atoms with Crippen LogP contribution >= 0.6 is 11.6 Å². The zero-order valence-electron chi connectivity index (χ0n) is 10.2. The summed E-state index contributed by atoms with van der Waals surface area (Å²) in [4.78, 5) is 18.6. The summed E-state index contributed by atoms with van der Waals surface area (Å²) >= 11 is 5.97. The first-order valence-electron chi connectivity index (χ1n) is 6.08. The Labute approximate surface area is 110 Å². The summed E-state index contributed by atoms with van der Waals surface area (Å²) in [5.74, 6) is 0.511. The molecule has 5 heteroatoms. The topological polar surface area (TPSA) is 38.1 Å². The van der Waals surface area contributed by atoms with Gasteiger partial charge in [-0.05, 0) is 31.0 Å². The average molecular weight is 264 g/mol. The van der Waals surface area contributed by atoms with Crippen LogP contribution in [0, 0.1) is 0 Å². The third kappa shape index (κ3) is 1.77. The molecule has 4 nitrogen and oxygen atoms in total. The van der Waals surface area contributed by atoms with Gasteiger partial charge in [-0.2, -0.15) is 0 Å². The first-order valence-corrected chi connectivity index (χ1v) is 6.46. The van der Waals surface area contributed by atoms with E-state index < -0.39 is 0 Å². The van der Waals surface area contributed by atoms with Crippen molar-refractivity contribution in [2.24, 2.45) is 7.05 Å². The fourth-order valence-corrected chi connectivity index (χ4v) is 2.58. The van der Waals surface area contributed by atoms with Crippen LogP contribution in [0.5, 0.6) is 0 Å². The van der Waals surface area contributed by atoms with E-state index in [1.165, 1.54) is 0 Å². The Morgan fingerprint density at radius 2 is 2.06 bits per heavy atom. The smallest absolute Gasteiger partial charge is 0.289 e. The summed E-state index contributed by atoms with van der Waals surface area (Å²) in [6.45, 7) is 1.67. The summed E-state index contributed by atoms with van der Waals surface area (Å²) in [5, 5.41) is 0.658. The predicted octanol–water partition coefficient (Wildman–Crippen LogP) is 2.46. The molecule has 0 aliphatic carbocycles. The molecule has 0 atom stereocenters. The molecule has 2 heterocycles. The Bertz CT molecular complexity index is 614. The molecule has 1 aliphatic heterocycles. The van der Waals surface area contributed by atoms with E-state index in [4.69, 9.17) is 11.6 Å². The summed E-state index contributed by atoms with van der Waals surface area (Å²) in [5.41, 5.74) is 1.70. The normalized spacial score (nSPS) is 15.6. The van der Waals surface area contributed by atoms with Crippen LogP contribution in [0.4, 0.5) is 0 Å². The van der Waals surface area contributed by atoms with Crippen molar-refractivity contribution in [3.63, 3.8) is 0 Å². The fraction of sp³-hybridized carbons (Fsp3) is 0.385. The van der Waals surface area contributed by atoms with Crippen LogP contribution in [0.1, 0.15) is 23.5 Å². The molecule has 0 bridgehead atoms. The first kappa shape index (κ1) is 11.5. The van der Waals surface area contributed by atoms with Crippen molar-refractivity contribution in [3.05, 3.63) is 29.0 Å². The van der Waals surface area contributed by atoms with Gasteiger partial charge in [-0.25, -0.2) is 4.98 Å². The van der Waals surface area contributed by atoms with E-state index in [2.05, 4.69) is 4.98 Å². The molecular weight excluding hydrogens is 250 g/mol. The molecular formula is C13H14ClN3O. The summed E-state index contributed by atoms with van der Waals surface area (Å²) < 4.78 is 1.82. The summed E-state index contributed by atoms with van der Waals surface area (Å²) in [6.07, 6.45) is 2.17. The SMILES string of the molecule is Cn1c(C(=O)N2CCCC2)nc2ccc(Cl)cc21. The van der Waals surface area contributed by atoms with Crippen LogP contribution in [0.2, 0.25) is 5.02 Å².